The summed E-state index contributed by atoms with van der Waals surface area (Å²) in [6.07, 6.45) is 0. The van der Waals surface area contributed by atoms with Gasteiger partial charge in [0, 0.05) is 18.1 Å². The van der Waals surface area contributed by atoms with E-state index >= 15 is 0 Å². The maximum atomic E-state index is 13.1. The van der Waals surface area contributed by atoms with E-state index in [4.69, 9.17) is 5.11 Å². The number of carboxylic acids is 1. The molecule has 17 heavy (non-hydrogen) atoms. The zero-order valence-corrected chi connectivity index (χ0v) is 10.8. The summed E-state index contributed by atoms with van der Waals surface area (Å²) in [4.78, 5) is 12.8. The number of nitrogens with zero attached hydrogens (tertiary/aromatic N) is 1. The van der Waals surface area contributed by atoms with Crippen molar-refractivity contribution in [2.24, 2.45) is 0 Å². The highest BCUT2D eigenvalue weighted by Gasteiger charge is 2.10. The summed E-state index contributed by atoms with van der Waals surface area (Å²) in [5.74, 6) is -0.233. The molecule has 0 heterocycles. The monoisotopic (exact) mass is 257 g/mol. The van der Waals surface area contributed by atoms with E-state index in [-0.39, 0.29) is 5.56 Å². The van der Waals surface area contributed by atoms with Crippen molar-refractivity contribution in [1.82, 2.24) is 4.90 Å². The number of hydrogen-bond acceptors (Lipinski definition) is 3. The molecule has 1 aromatic rings. The lowest BCUT2D eigenvalue weighted by Crippen LogP contribution is -2.14. The Morgan fingerprint density at radius 1 is 1.47 bits per heavy atom. The highest BCUT2D eigenvalue weighted by atomic mass is 32.2. The number of benzene rings is 1. The zero-order chi connectivity index (χ0) is 12.8. The van der Waals surface area contributed by atoms with E-state index in [9.17, 15) is 9.18 Å². The van der Waals surface area contributed by atoms with E-state index in [2.05, 4.69) is 4.90 Å². The van der Waals surface area contributed by atoms with Crippen molar-refractivity contribution in [1.29, 1.82) is 0 Å². The smallest absolute Gasteiger partial charge is 0.338 e. The zero-order valence-electron chi connectivity index (χ0n) is 9.94. The lowest BCUT2D eigenvalue weighted by molar-refractivity contribution is 0.0692. The van der Waals surface area contributed by atoms with Gasteiger partial charge in [-0.3, -0.25) is 0 Å². The first-order valence-electron chi connectivity index (χ1n) is 5.25. The minimum absolute atomic E-state index is 0.254. The lowest BCUT2D eigenvalue weighted by Gasteiger charge is -2.09. The largest absolute Gasteiger partial charge is 0.478 e. The van der Waals surface area contributed by atoms with E-state index in [1.165, 1.54) is 12.1 Å². The van der Waals surface area contributed by atoms with Crippen LogP contribution in [0.5, 0.6) is 0 Å². The average molecular weight is 257 g/mol. The highest BCUT2D eigenvalue weighted by Crippen LogP contribution is 2.16. The van der Waals surface area contributed by atoms with E-state index < -0.39 is 11.8 Å². The van der Waals surface area contributed by atoms with Crippen LogP contribution < -0.4 is 0 Å². The van der Waals surface area contributed by atoms with Crippen molar-refractivity contribution >= 4 is 17.7 Å². The number of thioether (sulfide) groups is 1. The predicted octanol–water partition coefficient (Wildman–Crippen LogP) is 2.32. The Morgan fingerprint density at radius 3 is 2.76 bits per heavy atom. The number of carbonyl (C=O) groups is 1. The van der Waals surface area contributed by atoms with Crippen LogP contribution in [-0.4, -0.2) is 42.4 Å². The van der Waals surface area contributed by atoms with Gasteiger partial charge >= 0.3 is 5.97 Å². The molecular weight excluding hydrogens is 241 g/mol. The normalized spacial score (nSPS) is 10.8. The maximum Gasteiger partial charge on any atom is 0.338 e. The van der Waals surface area contributed by atoms with Crippen molar-refractivity contribution in [2.75, 3.05) is 26.4 Å². The number of carboxylic acid groups (broad SMARTS) is 1. The van der Waals surface area contributed by atoms with Crippen molar-refractivity contribution in [3.8, 4) is 0 Å². The third kappa shape index (κ3) is 4.75. The fraction of sp³-hybridized carbons (Fsp3) is 0.417. The summed E-state index contributed by atoms with van der Waals surface area (Å²) in [5, 5.41) is 8.78. The number of aromatic carboxylic acids is 1. The Morgan fingerprint density at radius 2 is 2.18 bits per heavy atom. The Balaban J connectivity index is 2.54. The Labute approximate surface area is 105 Å². The first-order valence-corrected chi connectivity index (χ1v) is 6.40. The second kappa shape index (κ2) is 6.61. The topological polar surface area (TPSA) is 40.5 Å². The summed E-state index contributed by atoms with van der Waals surface area (Å²) in [6.45, 7) is 0.970. The van der Waals surface area contributed by atoms with Crippen LogP contribution in [0.2, 0.25) is 0 Å². The summed E-state index contributed by atoms with van der Waals surface area (Å²) in [7, 11) is 4.00. The first kappa shape index (κ1) is 14.0. The quantitative estimate of drug-likeness (QED) is 0.794. The molecule has 1 rings (SSSR count). The summed E-state index contributed by atoms with van der Waals surface area (Å²) in [5.41, 5.74) is 0.586. The van der Waals surface area contributed by atoms with Gasteiger partial charge < -0.3 is 10.0 Å². The molecule has 0 bridgehead atoms. The molecule has 0 aliphatic carbocycles. The fourth-order valence-corrected chi connectivity index (χ4v) is 2.32. The molecule has 0 atom stereocenters. The molecule has 94 valence electrons. The van der Waals surface area contributed by atoms with Crippen molar-refractivity contribution < 1.29 is 14.3 Å². The molecule has 3 nitrogen and oxygen atoms in total. The van der Waals surface area contributed by atoms with Gasteiger partial charge in [0.1, 0.15) is 5.82 Å². The Kier molecular flexibility index (Phi) is 5.44. The van der Waals surface area contributed by atoms with Gasteiger partial charge in [-0.2, -0.15) is 11.8 Å². The molecule has 0 saturated carbocycles. The second-order valence-corrected chi connectivity index (χ2v) is 5.08. The molecule has 0 amide bonds. The van der Waals surface area contributed by atoms with E-state index in [0.717, 1.165) is 17.9 Å². The highest BCUT2D eigenvalue weighted by molar-refractivity contribution is 7.98. The molecule has 1 aromatic carbocycles. The SMILES string of the molecule is CN(C)CCSCc1ccc(F)c(C(=O)O)c1. The van der Waals surface area contributed by atoms with Gasteiger partial charge in [-0.1, -0.05) is 6.07 Å². The second-order valence-electron chi connectivity index (χ2n) is 3.98. The molecule has 0 saturated heterocycles. The maximum absolute atomic E-state index is 13.1. The van der Waals surface area contributed by atoms with Gasteiger partial charge in [-0.25, -0.2) is 9.18 Å². The minimum Gasteiger partial charge on any atom is -0.478 e. The van der Waals surface area contributed by atoms with Crippen LogP contribution >= 0.6 is 11.8 Å². The third-order valence-corrected chi connectivity index (χ3v) is 3.22. The van der Waals surface area contributed by atoms with Gasteiger partial charge in [0.2, 0.25) is 0 Å². The van der Waals surface area contributed by atoms with Crippen molar-refractivity contribution in [3.63, 3.8) is 0 Å². The summed E-state index contributed by atoms with van der Waals surface area (Å²) >= 11 is 1.70. The lowest BCUT2D eigenvalue weighted by atomic mass is 10.1. The average Bonchev–Trinajstić information content (AvgIpc) is 2.25. The molecule has 5 heteroatoms. The first-order chi connectivity index (χ1) is 8.00. The van der Waals surface area contributed by atoms with E-state index in [1.807, 2.05) is 14.1 Å². The standard InChI is InChI=1S/C12H16FNO2S/c1-14(2)5-6-17-8-9-3-4-11(13)10(7-9)12(15)16/h3-4,7H,5-6,8H2,1-2H3,(H,15,16). The molecular formula is C12H16FNO2S. The van der Waals surface area contributed by atoms with Gasteiger partial charge in [0.05, 0.1) is 5.56 Å². The summed E-state index contributed by atoms with van der Waals surface area (Å²) < 4.78 is 13.1. The molecule has 0 aliphatic rings. The third-order valence-electron chi connectivity index (χ3n) is 2.21. The van der Waals surface area contributed by atoms with Gasteiger partial charge in [0.25, 0.3) is 0 Å². The molecule has 1 N–H and O–H groups in total. The van der Waals surface area contributed by atoms with Crippen LogP contribution in [0, 0.1) is 5.82 Å². The summed E-state index contributed by atoms with van der Waals surface area (Å²) in [6, 6.07) is 4.25. The van der Waals surface area contributed by atoms with E-state index in [1.54, 1.807) is 17.8 Å². The Hall–Kier alpha value is -1.07. The molecule has 0 unspecified atom stereocenters. The molecule has 0 radical (unpaired) electrons. The van der Waals surface area contributed by atoms with Crippen LogP contribution in [0.15, 0.2) is 18.2 Å². The molecule has 0 fully saturated rings. The molecule has 0 aromatic heterocycles. The number of halogens is 1. The van der Waals surface area contributed by atoms with E-state index in [0.29, 0.717) is 5.75 Å². The van der Waals surface area contributed by atoms with Gasteiger partial charge in [-0.15, -0.1) is 0 Å². The van der Waals surface area contributed by atoms with Crippen LogP contribution in [0.1, 0.15) is 15.9 Å². The predicted molar refractivity (Wildman–Crippen MR) is 68.1 cm³/mol. The Bertz CT molecular complexity index is 396. The fourth-order valence-electron chi connectivity index (χ4n) is 1.26. The molecule has 0 spiro atoms. The van der Waals surface area contributed by atoms with Crippen molar-refractivity contribution in [2.45, 2.75) is 5.75 Å². The van der Waals surface area contributed by atoms with Gasteiger partial charge in [-0.05, 0) is 31.8 Å². The van der Waals surface area contributed by atoms with Crippen LogP contribution in [0.25, 0.3) is 0 Å². The minimum atomic E-state index is -1.22. The number of rotatable bonds is 6. The number of hydrogen-bond donors (Lipinski definition) is 1. The van der Waals surface area contributed by atoms with Gasteiger partial charge in [0.15, 0.2) is 0 Å². The van der Waals surface area contributed by atoms with Crippen LogP contribution in [0.3, 0.4) is 0 Å². The molecule has 0 aliphatic heterocycles. The van der Waals surface area contributed by atoms with Crippen LogP contribution in [0.4, 0.5) is 4.39 Å². The van der Waals surface area contributed by atoms with Crippen molar-refractivity contribution in [3.05, 3.63) is 35.1 Å². The van der Waals surface area contributed by atoms with Crippen LogP contribution in [-0.2, 0) is 5.75 Å².